The number of amides is 1. The third kappa shape index (κ3) is 4.56. The molecule has 3 aromatic rings. The number of ether oxygens (including phenoxy) is 1. The molecule has 2 aromatic heterocycles. The van der Waals surface area contributed by atoms with E-state index in [9.17, 15) is 9.18 Å². The highest BCUT2D eigenvalue weighted by molar-refractivity contribution is 5.93. The van der Waals surface area contributed by atoms with E-state index in [0.29, 0.717) is 18.8 Å². The molecule has 2 atom stereocenters. The molecule has 0 spiro atoms. The van der Waals surface area contributed by atoms with E-state index >= 15 is 0 Å². The van der Waals surface area contributed by atoms with Gasteiger partial charge in [0.25, 0.3) is 5.91 Å². The van der Waals surface area contributed by atoms with Crippen LogP contribution in [0.5, 0.6) is 0 Å². The van der Waals surface area contributed by atoms with E-state index < -0.39 is 0 Å². The summed E-state index contributed by atoms with van der Waals surface area (Å²) in [6, 6.07) is 9.47. The topological polar surface area (TPSA) is 52.3 Å². The first-order chi connectivity index (χ1) is 15.7. The zero-order valence-corrected chi connectivity index (χ0v) is 20.5. The van der Waals surface area contributed by atoms with Crippen LogP contribution in [-0.4, -0.2) is 51.5 Å². The summed E-state index contributed by atoms with van der Waals surface area (Å²) in [5.41, 5.74) is 3.82. The third-order valence-electron chi connectivity index (χ3n) is 6.90. The van der Waals surface area contributed by atoms with Crippen molar-refractivity contribution in [3.05, 3.63) is 53.2 Å². The number of aromatic nitrogens is 3. The van der Waals surface area contributed by atoms with Crippen LogP contribution in [0.15, 0.2) is 30.3 Å². The minimum Gasteiger partial charge on any atom is -0.378 e. The molecule has 3 heterocycles. The summed E-state index contributed by atoms with van der Waals surface area (Å²) >= 11 is 0. The molecule has 4 rings (SSSR count). The molecule has 1 aliphatic heterocycles. The Morgan fingerprint density at radius 1 is 1.15 bits per heavy atom. The van der Waals surface area contributed by atoms with Crippen LogP contribution in [0.25, 0.3) is 10.9 Å². The number of halogens is 1. The molecule has 0 radical (unpaired) electrons. The lowest BCUT2D eigenvalue weighted by Crippen LogP contribution is -2.54. The number of hydrogen-bond acceptors (Lipinski definition) is 3. The molecule has 1 fully saturated rings. The van der Waals surface area contributed by atoms with Crippen LogP contribution in [0.4, 0.5) is 4.39 Å². The zero-order chi connectivity index (χ0) is 23.9. The van der Waals surface area contributed by atoms with Crippen LogP contribution in [0.3, 0.4) is 0 Å². The second-order valence-electron chi connectivity index (χ2n) is 9.75. The maximum absolute atomic E-state index is 13.6. The summed E-state index contributed by atoms with van der Waals surface area (Å²) in [4.78, 5) is 14.7. The Morgan fingerprint density at radius 2 is 1.88 bits per heavy atom. The van der Waals surface area contributed by atoms with Gasteiger partial charge < -0.3 is 14.2 Å². The van der Waals surface area contributed by atoms with Gasteiger partial charge in [-0.3, -0.25) is 9.48 Å². The summed E-state index contributed by atoms with van der Waals surface area (Å²) in [7, 11) is 1.68. The van der Waals surface area contributed by atoms with Gasteiger partial charge in [0.1, 0.15) is 5.82 Å². The lowest BCUT2D eigenvalue weighted by Gasteiger charge is -2.37. The van der Waals surface area contributed by atoms with E-state index in [1.54, 1.807) is 18.1 Å². The van der Waals surface area contributed by atoms with Crippen molar-refractivity contribution in [1.82, 2.24) is 19.2 Å². The Labute approximate surface area is 195 Å². The molecule has 0 saturated carbocycles. The highest BCUT2D eigenvalue weighted by atomic mass is 19.1. The molecule has 0 bridgehead atoms. The van der Waals surface area contributed by atoms with E-state index in [-0.39, 0.29) is 35.8 Å². The van der Waals surface area contributed by atoms with Crippen molar-refractivity contribution in [2.24, 2.45) is 0 Å². The Hall–Kier alpha value is -2.67. The molecule has 178 valence electrons. The number of aryl methyl sites for hydroxylation is 1. The number of fused-ring (bicyclic) bond motifs is 1. The summed E-state index contributed by atoms with van der Waals surface area (Å²) in [6.07, 6.45) is 2.06. The largest absolute Gasteiger partial charge is 0.378 e. The lowest BCUT2D eigenvalue weighted by atomic mass is 9.98. The van der Waals surface area contributed by atoms with Crippen molar-refractivity contribution >= 4 is 16.8 Å². The second-order valence-corrected chi connectivity index (χ2v) is 9.75. The van der Waals surface area contributed by atoms with E-state index in [2.05, 4.69) is 44.3 Å². The number of carbonyl (C=O) groups is 1. The average Bonchev–Trinajstić information content (AvgIpc) is 3.31. The van der Waals surface area contributed by atoms with Crippen LogP contribution < -0.4 is 0 Å². The molecular formula is C26H35FN4O2. The number of likely N-dealkylation sites (tertiary alicyclic amines) is 1. The van der Waals surface area contributed by atoms with Crippen molar-refractivity contribution < 1.29 is 13.9 Å². The summed E-state index contributed by atoms with van der Waals surface area (Å²) in [6.45, 7) is 11.9. The second kappa shape index (κ2) is 9.29. The van der Waals surface area contributed by atoms with Crippen LogP contribution in [0, 0.1) is 12.7 Å². The van der Waals surface area contributed by atoms with E-state index in [0.717, 1.165) is 35.1 Å². The van der Waals surface area contributed by atoms with Crippen LogP contribution in [0.1, 0.15) is 80.4 Å². The minimum atomic E-state index is -0.204. The zero-order valence-electron chi connectivity index (χ0n) is 20.5. The highest BCUT2D eigenvalue weighted by Gasteiger charge is 2.33. The van der Waals surface area contributed by atoms with Crippen LogP contribution >= 0.6 is 0 Å². The molecule has 1 amide bonds. The monoisotopic (exact) mass is 454 g/mol. The molecule has 0 aliphatic carbocycles. The molecule has 1 aliphatic rings. The van der Waals surface area contributed by atoms with Gasteiger partial charge in [0, 0.05) is 54.6 Å². The first-order valence-corrected chi connectivity index (χ1v) is 11.9. The SMILES string of the molecule is COC1CN(C(=O)c2cc(C(C)CCC(C)n3c(C)cc4cc(F)ccc43)n(C(C)C)n2)C1. The summed E-state index contributed by atoms with van der Waals surface area (Å²) in [5.74, 6) is 0.0296. The van der Waals surface area contributed by atoms with Gasteiger partial charge in [-0.25, -0.2) is 4.39 Å². The number of rotatable bonds is 8. The maximum atomic E-state index is 13.6. The molecule has 7 heteroatoms. The Kier molecular flexibility index (Phi) is 6.61. The minimum absolute atomic E-state index is 0.0220. The number of carbonyl (C=O) groups excluding carboxylic acids is 1. The fraction of sp³-hybridized carbons (Fsp3) is 0.538. The van der Waals surface area contributed by atoms with Crippen molar-refractivity contribution in [2.45, 2.75) is 71.6 Å². The first-order valence-electron chi connectivity index (χ1n) is 11.9. The standard InChI is InChI=1S/C26H35FN4O2/c1-16(2)31-25(13-23(28-31)26(32)29-14-22(15-29)33-6)17(3)7-8-18(4)30-19(5)11-20-12-21(27)9-10-24(20)30/h9-13,16-18,22H,7-8,14-15H2,1-6H3. The first kappa shape index (κ1) is 23.5. The number of nitrogens with zero attached hydrogens (tertiary/aromatic N) is 4. The molecule has 1 saturated heterocycles. The van der Waals surface area contributed by atoms with Gasteiger partial charge >= 0.3 is 0 Å². The Bertz CT molecular complexity index is 1140. The van der Waals surface area contributed by atoms with E-state index in [1.807, 2.05) is 22.9 Å². The van der Waals surface area contributed by atoms with Gasteiger partial charge in [-0.15, -0.1) is 0 Å². The number of benzene rings is 1. The van der Waals surface area contributed by atoms with Gasteiger partial charge in [-0.2, -0.15) is 5.10 Å². The van der Waals surface area contributed by atoms with Crippen molar-refractivity contribution in [2.75, 3.05) is 20.2 Å². The van der Waals surface area contributed by atoms with Crippen molar-refractivity contribution in [3.63, 3.8) is 0 Å². The molecule has 6 nitrogen and oxygen atoms in total. The lowest BCUT2D eigenvalue weighted by molar-refractivity contribution is -0.0195. The Morgan fingerprint density at radius 3 is 2.55 bits per heavy atom. The summed E-state index contributed by atoms with van der Waals surface area (Å²) in [5, 5.41) is 5.61. The van der Waals surface area contributed by atoms with Gasteiger partial charge in [-0.1, -0.05) is 6.92 Å². The molecule has 0 N–H and O–H groups in total. The van der Waals surface area contributed by atoms with E-state index in [4.69, 9.17) is 4.74 Å². The van der Waals surface area contributed by atoms with E-state index in [1.165, 1.54) is 6.07 Å². The normalized spacial score (nSPS) is 16.4. The van der Waals surface area contributed by atoms with Crippen molar-refractivity contribution in [1.29, 1.82) is 0 Å². The number of methoxy groups -OCH3 is 1. The van der Waals surface area contributed by atoms with Gasteiger partial charge in [0.2, 0.25) is 0 Å². The third-order valence-corrected chi connectivity index (χ3v) is 6.90. The highest BCUT2D eigenvalue weighted by Crippen LogP contribution is 2.31. The predicted octanol–water partition coefficient (Wildman–Crippen LogP) is 5.48. The van der Waals surface area contributed by atoms with Crippen LogP contribution in [-0.2, 0) is 4.74 Å². The quantitative estimate of drug-likeness (QED) is 0.453. The molecule has 1 aromatic carbocycles. The fourth-order valence-corrected chi connectivity index (χ4v) is 4.91. The number of hydrogen-bond donors (Lipinski definition) is 0. The molecule has 2 unspecified atom stereocenters. The molecular weight excluding hydrogens is 419 g/mol. The van der Waals surface area contributed by atoms with Gasteiger partial charge in [0.05, 0.1) is 6.10 Å². The van der Waals surface area contributed by atoms with Gasteiger partial charge in [-0.05, 0) is 76.8 Å². The fourth-order valence-electron chi connectivity index (χ4n) is 4.91. The predicted molar refractivity (Wildman–Crippen MR) is 128 cm³/mol. The van der Waals surface area contributed by atoms with Gasteiger partial charge in [0.15, 0.2) is 5.69 Å². The average molecular weight is 455 g/mol. The Balaban J connectivity index is 1.48. The molecule has 33 heavy (non-hydrogen) atoms. The smallest absolute Gasteiger partial charge is 0.274 e. The maximum Gasteiger partial charge on any atom is 0.274 e. The van der Waals surface area contributed by atoms with Crippen molar-refractivity contribution in [3.8, 4) is 0 Å². The van der Waals surface area contributed by atoms with Crippen LogP contribution in [0.2, 0.25) is 0 Å². The summed E-state index contributed by atoms with van der Waals surface area (Å²) < 4.78 is 23.2.